The minimum absolute atomic E-state index is 0.417. The summed E-state index contributed by atoms with van der Waals surface area (Å²) < 4.78 is 19.8. The molecule has 0 aliphatic carbocycles. The highest BCUT2D eigenvalue weighted by Crippen LogP contribution is 2.26. The average Bonchev–Trinajstić information content (AvgIpc) is 2.84. The van der Waals surface area contributed by atoms with E-state index in [1.165, 1.54) is 19.4 Å². The Labute approximate surface area is 120 Å². The second-order valence-electron chi connectivity index (χ2n) is 4.55. The van der Waals surface area contributed by atoms with Crippen molar-refractivity contribution in [2.75, 3.05) is 7.11 Å². The van der Waals surface area contributed by atoms with Crippen LogP contribution in [0.1, 0.15) is 10.4 Å². The van der Waals surface area contributed by atoms with Crippen LogP contribution in [0, 0.1) is 5.82 Å². The number of aryl methyl sites for hydroxylation is 1. The molecule has 1 aromatic carbocycles. The molecule has 21 heavy (non-hydrogen) atoms. The Morgan fingerprint density at radius 3 is 2.86 bits per heavy atom. The van der Waals surface area contributed by atoms with Crippen molar-refractivity contribution >= 4 is 17.0 Å². The standard InChI is InChI=1S/C15H12FN3O2/c1-19-13-11(15(20)21-2)4-3-5-12(13)18-14(19)9-6-10(16)8-17-7-9/h3-8H,1-2H3. The first kappa shape index (κ1) is 13.2. The highest BCUT2D eigenvalue weighted by molar-refractivity contribution is 6.03. The van der Waals surface area contributed by atoms with Gasteiger partial charge in [0.05, 0.1) is 29.9 Å². The first-order chi connectivity index (χ1) is 10.1. The van der Waals surface area contributed by atoms with Gasteiger partial charge in [-0.1, -0.05) is 6.07 Å². The zero-order valence-corrected chi connectivity index (χ0v) is 11.5. The number of ether oxygens (including phenoxy) is 1. The number of nitrogens with zero attached hydrogens (tertiary/aromatic N) is 3. The van der Waals surface area contributed by atoms with Crippen molar-refractivity contribution in [2.45, 2.75) is 0 Å². The number of carbonyl (C=O) groups excluding carboxylic acids is 1. The van der Waals surface area contributed by atoms with Crippen LogP contribution in [0.25, 0.3) is 22.4 Å². The van der Waals surface area contributed by atoms with Crippen LogP contribution in [0.4, 0.5) is 4.39 Å². The molecule has 0 saturated carbocycles. The number of esters is 1. The normalized spacial score (nSPS) is 10.8. The maximum atomic E-state index is 13.3. The van der Waals surface area contributed by atoms with E-state index in [0.717, 1.165) is 6.20 Å². The van der Waals surface area contributed by atoms with Crippen LogP contribution < -0.4 is 0 Å². The fourth-order valence-corrected chi connectivity index (χ4v) is 2.34. The third kappa shape index (κ3) is 2.14. The molecule has 2 heterocycles. The zero-order valence-electron chi connectivity index (χ0n) is 11.5. The van der Waals surface area contributed by atoms with E-state index in [-0.39, 0.29) is 0 Å². The molecule has 0 radical (unpaired) electrons. The molecule has 0 atom stereocenters. The molecule has 0 unspecified atom stereocenters. The number of para-hydroxylation sites is 1. The quantitative estimate of drug-likeness (QED) is 0.679. The highest BCUT2D eigenvalue weighted by atomic mass is 19.1. The highest BCUT2D eigenvalue weighted by Gasteiger charge is 2.17. The Bertz CT molecular complexity index is 842. The fourth-order valence-electron chi connectivity index (χ4n) is 2.34. The molecule has 0 amide bonds. The van der Waals surface area contributed by atoms with Crippen LogP contribution in [0.2, 0.25) is 0 Å². The van der Waals surface area contributed by atoms with Crippen molar-refractivity contribution in [1.29, 1.82) is 0 Å². The Hall–Kier alpha value is -2.76. The third-order valence-corrected chi connectivity index (χ3v) is 3.26. The summed E-state index contributed by atoms with van der Waals surface area (Å²) in [4.78, 5) is 20.1. The van der Waals surface area contributed by atoms with Gasteiger partial charge in [0.1, 0.15) is 11.6 Å². The number of methoxy groups -OCH3 is 1. The van der Waals surface area contributed by atoms with Gasteiger partial charge in [0.2, 0.25) is 0 Å². The van der Waals surface area contributed by atoms with E-state index < -0.39 is 11.8 Å². The summed E-state index contributed by atoms with van der Waals surface area (Å²) >= 11 is 0. The molecular weight excluding hydrogens is 273 g/mol. The number of halogens is 1. The molecule has 2 aromatic heterocycles. The number of fused-ring (bicyclic) bond motifs is 1. The monoisotopic (exact) mass is 285 g/mol. The number of imidazole rings is 1. The molecule has 5 nitrogen and oxygen atoms in total. The van der Waals surface area contributed by atoms with Crippen LogP contribution in [0.15, 0.2) is 36.7 Å². The first-order valence-electron chi connectivity index (χ1n) is 6.26. The minimum Gasteiger partial charge on any atom is -0.465 e. The lowest BCUT2D eigenvalue weighted by Gasteiger charge is -2.05. The number of aromatic nitrogens is 3. The van der Waals surface area contributed by atoms with Gasteiger partial charge in [0.15, 0.2) is 0 Å². The van der Waals surface area contributed by atoms with Gasteiger partial charge in [-0.3, -0.25) is 4.98 Å². The molecule has 6 heteroatoms. The summed E-state index contributed by atoms with van der Waals surface area (Å²) in [5.41, 5.74) is 2.24. The molecule has 3 rings (SSSR count). The van der Waals surface area contributed by atoms with Gasteiger partial charge < -0.3 is 9.30 Å². The Balaban J connectivity index is 2.28. The van der Waals surface area contributed by atoms with E-state index in [4.69, 9.17) is 4.74 Å². The molecule has 0 N–H and O–H groups in total. The van der Waals surface area contributed by atoms with E-state index in [2.05, 4.69) is 9.97 Å². The van der Waals surface area contributed by atoms with Crippen LogP contribution in [-0.2, 0) is 11.8 Å². The molecule has 0 aliphatic rings. The predicted molar refractivity (Wildman–Crippen MR) is 75.2 cm³/mol. The molecular formula is C15H12FN3O2. The zero-order chi connectivity index (χ0) is 15.0. The van der Waals surface area contributed by atoms with Gasteiger partial charge in [-0.2, -0.15) is 0 Å². The second-order valence-corrected chi connectivity index (χ2v) is 4.55. The van der Waals surface area contributed by atoms with Crippen LogP contribution >= 0.6 is 0 Å². The molecule has 106 valence electrons. The summed E-state index contributed by atoms with van der Waals surface area (Å²) in [6.45, 7) is 0. The van der Waals surface area contributed by atoms with Crippen LogP contribution in [0.5, 0.6) is 0 Å². The average molecular weight is 285 g/mol. The van der Waals surface area contributed by atoms with Crippen molar-refractivity contribution in [2.24, 2.45) is 7.05 Å². The molecule has 0 saturated heterocycles. The molecule has 0 fully saturated rings. The maximum absolute atomic E-state index is 13.3. The lowest BCUT2D eigenvalue weighted by atomic mass is 10.2. The van der Waals surface area contributed by atoms with Gasteiger partial charge in [-0.05, 0) is 18.2 Å². The Morgan fingerprint density at radius 1 is 1.33 bits per heavy atom. The topological polar surface area (TPSA) is 57.0 Å². The molecule has 0 aliphatic heterocycles. The number of hydrogen-bond donors (Lipinski definition) is 0. The number of pyridine rings is 1. The summed E-state index contributed by atoms with van der Waals surface area (Å²) in [5.74, 6) is -0.339. The van der Waals surface area contributed by atoms with Crippen molar-refractivity contribution in [3.63, 3.8) is 0 Å². The largest absolute Gasteiger partial charge is 0.465 e. The molecule has 0 spiro atoms. The van der Waals surface area contributed by atoms with Gasteiger partial charge in [-0.15, -0.1) is 0 Å². The number of carbonyl (C=O) groups is 1. The fraction of sp³-hybridized carbons (Fsp3) is 0.133. The lowest BCUT2D eigenvalue weighted by Crippen LogP contribution is -2.04. The number of benzene rings is 1. The number of rotatable bonds is 2. The third-order valence-electron chi connectivity index (χ3n) is 3.26. The maximum Gasteiger partial charge on any atom is 0.340 e. The summed E-state index contributed by atoms with van der Waals surface area (Å²) in [6, 6.07) is 6.54. The predicted octanol–water partition coefficient (Wildman–Crippen LogP) is 2.56. The van der Waals surface area contributed by atoms with Crippen molar-refractivity contribution in [1.82, 2.24) is 14.5 Å². The van der Waals surface area contributed by atoms with Gasteiger partial charge in [-0.25, -0.2) is 14.2 Å². The van der Waals surface area contributed by atoms with Gasteiger partial charge in [0, 0.05) is 18.8 Å². The SMILES string of the molecule is COC(=O)c1cccc2nc(-c3cncc(F)c3)n(C)c12. The van der Waals surface area contributed by atoms with Crippen LogP contribution in [-0.4, -0.2) is 27.6 Å². The van der Waals surface area contributed by atoms with Gasteiger partial charge in [0.25, 0.3) is 0 Å². The Morgan fingerprint density at radius 2 is 2.14 bits per heavy atom. The van der Waals surface area contributed by atoms with E-state index in [1.807, 2.05) is 0 Å². The van der Waals surface area contributed by atoms with E-state index in [9.17, 15) is 9.18 Å². The second kappa shape index (κ2) is 4.97. The number of hydrogen-bond acceptors (Lipinski definition) is 4. The van der Waals surface area contributed by atoms with E-state index in [1.54, 1.807) is 29.8 Å². The Kier molecular flexibility index (Phi) is 3.13. The van der Waals surface area contributed by atoms with Crippen LogP contribution in [0.3, 0.4) is 0 Å². The van der Waals surface area contributed by atoms with Crippen molar-refractivity contribution < 1.29 is 13.9 Å². The van der Waals surface area contributed by atoms with Crippen molar-refractivity contribution in [3.8, 4) is 11.4 Å². The smallest absolute Gasteiger partial charge is 0.340 e. The first-order valence-corrected chi connectivity index (χ1v) is 6.26. The lowest BCUT2D eigenvalue weighted by molar-refractivity contribution is 0.0602. The molecule has 0 bridgehead atoms. The summed E-state index contributed by atoms with van der Waals surface area (Å²) in [6.07, 6.45) is 2.66. The van der Waals surface area contributed by atoms with E-state index >= 15 is 0 Å². The minimum atomic E-state index is -0.437. The summed E-state index contributed by atoms with van der Waals surface area (Å²) in [7, 11) is 3.09. The van der Waals surface area contributed by atoms with Crippen molar-refractivity contribution in [3.05, 3.63) is 48.0 Å². The summed E-state index contributed by atoms with van der Waals surface area (Å²) in [5, 5.41) is 0. The van der Waals surface area contributed by atoms with E-state index in [0.29, 0.717) is 28.0 Å². The molecule has 3 aromatic rings. The van der Waals surface area contributed by atoms with Gasteiger partial charge >= 0.3 is 5.97 Å².